The fourth-order valence-electron chi connectivity index (χ4n) is 1.89. The van der Waals surface area contributed by atoms with Crippen LogP contribution in [0.2, 0.25) is 0 Å². The van der Waals surface area contributed by atoms with E-state index >= 15 is 0 Å². The highest BCUT2D eigenvalue weighted by atomic mass is 32.2. The van der Waals surface area contributed by atoms with Crippen LogP contribution in [0, 0.1) is 0 Å². The van der Waals surface area contributed by atoms with Gasteiger partial charge in [0.2, 0.25) is 5.16 Å². The molecule has 0 unspecified atom stereocenters. The summed E-state index contributed by atoms with van der Waals surface area (Å²) in [5.74, 6) is 0. The highest BCUT2D eigenvalue weighted by Crippen LogP contribution is 2.28. The molecule has 0 saturated carbocycles. The molecule has 0 spiro atoms. The Balaban J connectivity index is 1.84. The molecule has 0 bridgehead atoms. The Morgan fingerprint density at radius 3 is 2.33 bits per heavy atom. The fourth-order valence-corrected chi connectivity index (χ4v) is 2.68. The minimum absolute atomic E-state index is 0.749. The molecule has 106 valence electrons. The van der Waals surface area contributed by atoms with Crippen LogP contribution < -0.4 is 4.90 Å². The SMILES string of the molecule is CN(C)c1ccc(Sc2nnnn2-c2ccccc2)cc1. The first-order chi connectivity index (χ1) is 10.2. The van der Waals surface area contributed by atoms with Crippen molar-refractivity contribution < 1.29 is 0 Å². The van der Waals surface area contributed by atoms with Gasteiger partial charge in [0.1, 0.15) is 0 Å². The Kier molecular flexibility index (Phi) is 3.87. The van der Waals surface area contributed by atoms with Crippen molar-refractivity contribution in [2.24, 2.45) is 0 Å². The second kappa shape index (κ2) is 5.97. The molecule has 5 nitrogen and oxygen atoms in total. The van der Waals surface area contributed by atoms with Crippen molar-refractivity contribution in [1.29, 1.82) is 0 Å². The average molecular weight is 297 g/mol. The van der Waals surface area contributed by atoms with Crippen LogP contribution in [0.25, 0.3) is 5.69 Å². The molecule has 0 fully saturated rings. The summed E-state index contributed by atoms with van der Waals surface area (Å²) in [6.45, 7) is 0. The van der Waals surface area contributed by atoms with Gasteiger partial charge in [0, 0.05) is 24.7 Å². The third-order valence-corrected chi connectivity index (χ3v) is 3.95. The number of tetrazole rings is 1. The summed E-state index contributed by atoms with van der Waals surface area (Å²) in [4.78, 5) is 3.18. The van der Waals surface area contributed by atoms with E-state index in [9.17, 15) is 0 Å². The zero-order chi connectivity index (χ0) is 14.7. The lowest BCUT2D eigenvalue weighted by atomic mass is 10.3. The van der Waals surface area contributed by atoms with Crippen LogP contribution >= 0.6 is 11.8 Å². The Morgan fingerprint density at radius 2 is 1.67 bits per heavy atom. The van der Waals surface area contributed by atoms with Gasteiger partial charge < -0.3 is 4.90 Å². The molecule has 1 heterocycles. The van der Waals surface area contributed by atoms with E-state index < -0.39 is 0 Å². The molecule has 0 radical (unpaired) electrons. The maximum Gasteiger partial charge on any atom is 0.218 e. The molecule has 3 aromatic rings. The molecule has 21 heavy (non-hydrogen) atoms. The molecule has 6 heteroatoms. The van der Waals surface area contributed by atoms with Gasteiger partial charge in [-0.2, -0.15) is 4.68 Å². The van der Waals surface area contributed by atoms with Crippen LogP contribution in [-0.2, 0) is 0 Å². The lowest BCUT2D eigenvalue weighted by Gasteiger charge is -2.12. The number of benzene rings is 2. The van der Waals surface area contributed by atoms with Gasteiger partial charge in [0.25, 0.3) is 0 Å². The lowest BCUT2D eigenvalue weighted by molar-refractivity contribution is 0.756. The van der Waals surface area contributed by atoms with Gasteiger partial charge >= 0.3 is 0 Å². The number of anilines is 1. The molecule has 0 aliphatic rings. The maximum absolute atomic E-state index is 4.10. The molecule has 0 N–H and O–H groups in total. The first kappa shape index (κ1) is 13.6. The number of aromatic nitrogens is 4. The summed E-state index contributed by atoms with van der Waals surface area (Å²) in [6, 6.07) is 18.2. The highest BCUT2D eigenvalue weighted by Gasteiger charge is 2.09. The van der Waals surface area contributed by atoms with Crippen molar-refractivity contribution >= 4 is 17.4 Å². The van der Waals surface area contributed by atoms with Crippen molar-refractivity contribution in [1.82, 2.24) is 20.2 Å². The van der Waals surface area contributed by atoms with Crippen LogP contribution in [0.3, 0.4) is 0 Å². The second-order valence-electron chi connectivity index (χ2n) is 4.70. The topological polar surface area (TPSA) is 46.8 Å². The van der Waals surface area contributed by atoms with E-state index in [0.29, 0.717) is 0 Å². The second-order valence-corrected chi connectivity index (χ2v) is 5.74. The Bertz CT molecular complexity index is 706. The molecule has 0 amide bonds. The molecule has 0 atom stereocenters. The molecule has 0 saturated heterocycles. The van der Waals surface area contributed by atoms with Crippen LogP contribution in [0.1, 0.15) is 0 Å². The van der Waals surface area contributed by atoms with E-state index in [4.69, 9.17) is 0 Å². The van der Waals surface area contributed by atoms with E-state index in [-0.39, 0.29) is 0 Å². The van der Waals surface area contributed by atoms with Gasteiger partial charge in [-0.05, 0) is 58.6 Å². The maximum atomic E-state index is 4.10. The van der Waals surface area contributed by atoms with Crippen molar-refractivity contribution in [3.8, 4) is 5.69 Å². The minimum atomic E-state index is 0.749. The van der Waals surface area contributed by atoms with Gasteiger partial charge in [0.05, 0.1) is 5.69 Å². The largest absolute Gasteiger partial charge is 0.378 e. The van der Waals surface area contributed by atoms with Gasteiger partial charge in [-0.1, -0.05) is 18.2 Å². The van der Waals surface area contributed by atoms with Crippen LogP contribution in [0.15, 0.2) is 64.6 Å². The lowest BCUT2D eigenvalue weighted by Crippen LogP contribution is -2.07. The first-order valence-corrected chi connectivity index (χ1v) is 7.35. The zero-order valence-electron chi connectivity index (χ0n) is 11.8. The summed E-state index contributed by atoms with van der Waals surface area (Å²) < 4.78 is 1.74. The summed E-state index contributed by atoms with van der Waals surface area (Å²) in [5.41, 5.74) is 2.12. The smallest absolute Gasteiger partial charge is 0.218 e. The third kappa shape index (κ3) is 3.05. The first-order valence-electron chi connectivity index (χ1n) is 6.53. The minimum Gasteiger partial charge on any atom is -0.378 e. The monoisotopic (exact) mass is 297 g/mol. The van der Waals surface area contributed by atoms with Gasteiger partial charge in [-0.25, -0.2) is 0 Å². The number of nitrogens with zero attached hydrogens (tertiary/aromatic N) is 5. The number of hydrogen-bond donors (Lipinski definition) is 0. The predicted octanol–water partition coefficient (Wildman–Crippen LogP) is 2.88. The zero-order valence-corrected chi connectivity index (χ0v) is 12.7. The van der Waals surface area contributed by atoms with E-state index in [2.05, 4.69) is 44.7 Å². The summed E-state index contributed by atoms with van der Waals surface area (Å²) in [5, 5.41) is 12.7. The van der Waals surface area contributed by atoms with Crippen LogP contribution in [-0.4, -0.2) is 34.3 Å². The van der Waals surface area contributed by atoms with Crippen molar-refractivity contribution in [2.75, 3.05) is 19.0 Å². The van der Waals surface area contributed by atoms with Crippen molar-refractivity contribution in [3.63, 3.8) is 0 Å². The fraction of sp³-hybridized carbons (Fsp3) is 0.133. The van der Waals surface area contributed by atoms with E-state index in [1.807, 2.05) is 44.4 Å². The van der Waals surface area contributed by atoms with Gasteiger partial charge in [-0.3, -0.25) is 0 Å². The molecule has 3 rings (SSSR count). The van der Waals surface area contributed by atoms with Crippen molar-refractivity contribution in [2.45, 2.75) is 10.1 Å². The van der Waals surface area contributed by atoms with E-state index in [1.54, 1.807) is 16.4 Å². The van der Waals surface area contributed by atoms with Gasteiger partial charge in [0.15, 0.2) is 0 Å². The average Bonchev–Trinajstić information content (AvgIpc) is 2.97. The normalized spacial score (nSPS) is 10.6. The molecule has 0 aliphatic heterocycles. The summed E-state index contributed by atoms with van der Waals surface area (Å²) in [6.07, 6.45) is 0. The Labute approximate surface area is 127 Å². The number of para-hydroxylation sites is 1. The van der Waals surface area contributed by atoms with E-state index in [1.165, 1.54) is 5.69 Å². The third-order valence-electron chi connectivity index (χ3n) is 3.00. The van der Waals surface area contributed by atoms with Crippen LogP contribution in [0.4, 0.5) is 5.69 Å². The summed E-state index contributed by atoms with van der Waals surface area (Å²) in [7, 11) is 4.05. The molecular weight excluding hydrogens is 282 g/mol. The molecule has 1 aromatic heterocycles. The molecular formula is C15H15N5S. The Morgan fingerprint density at radius 1 is 0.952 bits per heavy atom. The van der Waals surface area contributed by atoms with E-state index in [0.717, 1.165) is 15.7 Å². The Hall–Kier alpha value is -2.34. The number of rotatable bonds is 4. The summed E-state index contributed by atoms with van der Waals surface area (Å²) >= 11 is 1.54. The van der Waals surface area contributed by atoms with Crippen molar-refractivity contribution in [3.05, 3.63) is 54.6 Å². The van der Waals surface area contributed by atoms with Crippen LogP contribution in [0.5, 0.6) is 0 Å². The quantitative estimate of drug-likeness (QED) is 0.741. The standard InChI is InChI=1S/C15H15N5S/c1-19(2)12-8-10-14(11-9-12)21-15-16-17-18-20(15)13-6-4-3-5-7-13/h3-11H,1-2H3. The predicted molar refractivity (Wildman–Crippen MR) is 84.0 cm³/mol. The highest BCUT2D eigenvalue weighted by molar-refractivity contribution is 7.99. The molecule has 0 aliphatic carbocycles. The number of hydrogen-bond acceptors (Lipinski definition) is 5. The van der Waals surface area contributed by atoms with Gasteiger partial charge in [-0.15, -0.1) is 5.10 Å². The molecule has 2 aromatic carbocycles.